The van der Waals surface area contributed by atoms with Crippen LogP contribution in [0.4, 0.5) is 26.0 Å². The second-order valence-electron chi connectivity index (χ2n) is 7.28. The van der Waals surface area contributed by atoms with Crippen molar-refractivity contribution in [3.63, 3.8) is 0 Å². The van der Waals surface area contributed by atoms with Crippen molar-refractivity contribution in [1.29, 1.82) is 0 Å². The maximum atomic E-state index is 14.0. The predicted octanol–water partition coefficient (Wildman–Crippen LogP) is 4.98. The van der Waals surface area contributed by atoms with E-state index in [0.717, 1.165) is 29.1 Å². The van der Waals surface area contributed by atoms with Crippen LogP contribution in [0.3, 0.4) is 0 Å². The van der Waals surface area contributed by atoms with Crippen molar-refractivity contribution in [2.24, 2.45) is 0 Å². The van der Waals surface area contributed by atoms with E-state index in [4.69, 9.17) is 0 Å². The fourth-order valence-corrected chi connectivity index (χ4v) is 4.31. The van der Waals surface area contributed by atoms with Crippen LogP contribution in [-0.2, 0) is 10.0 Å². The van der Waals surface area contributed by atoms with E-state index in [0.29, 0.717) is 23.1 Å². The summed E-state index contributed by atoms with van der Waals surface area (Å²) in [4.78, 5) is 12.1. The third-order valence-corrected chi connectivity index (χ3v) is 6.18. The number of halogens is 2. The molecule has 3 aromatic heterocycles. The zero-order valence-electron chi connectivity index (χ0n) is 17.7. The van der Waals surface area contributed by atoms with Gasteiger partial charge in [-0.15, -0.1) is 0 Å². The Labute approximate surface area is 189 Å². The Bertz CT molecular complexity index is 1440. The number of nitrogens with one attached hydrogen (secondary N) is 2. The molecule has 0 aliphatic rings. The number of nitrogens with zero attached hydrogens (tertiary/aromatic N) is 3. The van der Waals surface area contributed by atoms with Gasteiger partial charge in [-0.2, -0.15) is 0 Å². The van der Waals surface area contributed by atoms with Gasteiger partial charge < -0.3 is 5.32 Å². The Kier molecular flexibility index (Phi) is 6.01. The fourth-order valence-electron chi connectivity index (χ4n) is 3.14. The van der Waals surface area contributed by atoms with E-state index in [-0.39, 0.29) is 5.69 Å². The van der Waals surface area contributed by atoms with Crippen molar-refractivity contribution in [2.75, 3.05) is 10.0 Å². The van der Waals surface area contributed by atoms with Crippen LogP contribution in [0.15, 0.2) is 72.0 Å². The van der Waals surface area contributed by atoms with Gasteiger partial charge in [-0.1, -0.05) is 0 Å². The molecule has 0 atom stereocenters. The third-order valence-electron chi connectivity index (χ3n) is 4.78. The summed E-state index contributed by atoms with van der Waals surface area (Å²) >= 11 is 0. The lowest BCUT2D eigenvalue weighted by molar-refractivity contribution is 0.551. The lowest BCUT2D eigenvalue weighted by Crippen LogP contribution is -2.16. The minimum Gasteiger partial charge on any atom is -0.340 e. The average molecular weight is 468 g/mol. The molecule has 4 rings (SSSR count). The van der Waals surface area contributed by atoms with E-state index < -0.39 is 26.6 Å². The van der Waals surface area contributed by atoms with Crippen molar-refractivity contribution >= 4 is 27.2 Å². The zero-order valence-corrected chi connectivity index (χ0v) is 18.5. The molecule has 7 nitrogen and oxygen atoms in total. The van der Waals surface area contributed by atoms with Gasteiger partial charge >= 0.3 is 0 Å². The Balaban J connectivity index is 1.64. The van der Waals surface area contributed by atoms with E-state index in [1.807, 2.05) is 19.1 Å². The van der Waals surface area contributed by atoms with Crippen molar-refractivity contribution in [2.45, 2.75) is 18.7 Å². The normalized spacial score (nSPS) is 11.3. The lowest BCUT2D eigenvalue weighted by atomic mass is 10.1. The molecule has 0 spiro atoms. The molecule has 0 aliphatic carbocycles. The molecule has 0 saturated carbocycles. The summed E-state index contributed by atoms with van der Waals surface area (Å²) in [6.07, 6.45) is 4.90. The van der Waals surface area contributed by atoms with Gasteiger partial charge in [0.2, 0.25) is 0 Å². The maximum Gasteiger partial charge on any atom is 0.264 e. The summed E-state index contributed by atoms with van der Waals surface area (Å²) in [5, 5.41) is 3.20. The summed E-state index contributed by atoms with van der Waals surface area (Å²) in [6, 6.07) is 11.1. The number of hydrogen-bond acceptors (Lipinski definition) is 6. The fraction of sp³-hybridized carbons (Fsp3) is 0.0870. The SMILES string of the molecule is Cc1cc(Nc2cc(-c3cnc(C)c(NS(=O)(=O)c4ccc(F)cc4F)c3)ccn2)ccn1. The van der Waals surface area contributed by atoms with Crippen LogP contribution in [0.1, 0.15) is 11.4 Å². The number of hydrogen-bond donors (Lipinski definition) is 2. The van der Waals surface area contributed by atoms with Gasteiger partial charge in [0.25, 0.3) is 10.0 Å². The van der Waals surface area contributed by atoms with Crippen LogP contribution in [-0.4, -0.2) is 23.4 Å². The van der Waals surface area contributed by atoms with E-state index in [9.17, 15) is 17.2 Å². The molecular weight excluding hydrogens is 448 g/mol. The van der Waals surface area contributed by atoms with Crippen LogP contribution >= 0.6 is 0 Å². The van der Waals surface area contributed by atoms with Gasteiger partial charge in [0.1, 0.15) is 22.3 Å². The summed E-state index contributed by atoms with van der Waals surface area (Å²) < 4.78 is 55.0. The quantitative estimate of drug-likeness (QED) is 0.415. The first-order chi connectivity index (χ1) is 15.7. The van der Waals surface area contributed by atoms with Crippen molar-refractivity contribution in [1.82, 2.24) is 15.0 Å². The Morgan fingerprint density at radius 1 is 0.848 bits per heavy atom. The van der Waals surface area contributed by atoms with Crippen LogP contribution in [0.5, 0.6) is 0 Å². The Hall–Kier alpha value is -3.92. The molecule has 1 aromatic carbocycles. The van der Waals surface area contributed by atoms with Gasteiger partial charge in [-0.25, -0.2) is 22.2 Å². The number of rotatable bonds is 6. The Morgan fingerprint density at radius 2 is 1.64 bits per heavy atom. The molecule has 0 bridgehead atoms. The van der Waals surface area contributed by atoms with Crippen molar-refractivity contribution < 1.29 is 17.2 Å². The standard InChI is InChI=1S/C23H19F2N5O2S/c1-14-9-19(6-8-26-14)29-23-11-16(5-7-27-23)17-10-21(15(2)28-13-17)30-33(31,32)22-4-3-18(24)12-20(22)25/h3-13,30H,1-2H3,(H,26,27,29). The molecule has 168 valence electrons. The molecular formula is C23H19F2N5O2S. The van der Waals surface area contributed by atoms with Gasteiger partial charge in [0.05, 0.1) is 11.4 Å². The highest BCUT2D eigenvalue weighted by Gasteiger charge is 2.21. The minimum atomic E-state index is -4.30. The molecule has 3 heterocycles. The number of anilines is 3. The van der Waals surface area contributed by atoms with Crippen LogP contribution in [0, 0.1) is 25.5 Å². The van der Waals surface area contributed by atoms with E-state index in [1.54, 1.807) is 43.7 Å². The topological polar surface area (TPSA) is 96.9 Å². The molecule has 0 aliphatic heterocycles. The second-order valence-corrected chi connectivity index (χ2v) is 8.93. The highest BCUT2D eigenvalue weighted by atomic mass is 32.2. The number of pyridine rings is 3. The van der Waals surface area contributed by atoms with E-state index in [2.05, 4.69) is 25.0 Å². The summed E-state index contributed by atoms with van der Waals surface area (Å²) in [7, 11) is -4.30. The molecule has 2 N–H and O–H groups in total. The number of aryl methyl sites for hydroxylation is 2. The number of aromatic nitrogens is 3. The van der Waals surface area contributed by atoms with Crippen molar-refractivity contribution in [3.8, 4) is 11.1 Å². The molecule has 0 radical (unpaired) electrons. The molecule has 33 heavy (non-hydrogen) atoms. The predicted molar refractivity (Wildman–Crippen MR) is 122 cm³/mol. The molecule has 0 unspecified atom stereocenters. The maximum absolute atomic E-state index is 14.0. The molecule has 0 saturated heterocycles. The second kappa shape index (κ2) is 8.91. The zero-order chi connectivity index (χ0) is 23.6. The first-order valence-electron chi connectivity index (χ1n) is 9.82. The number of sulfonamides is 1. The number of benzene rings is 1. The molecule has 4 aromatic rings. The summed E-state index contributed by atoms with van der Waals surface area (Å²) in [5.41, 5.74) is 3.60. The first kappa shape index (κ1) is 22.3. The largest absolute Gasteiger partial charge is 0.340 e. The van der Waals surface area contributed by atoms with E-state index in [1.165, 1.54) is 0 Å². The van der Waals surface area contributed by atoms with Gasteiger partial charge in [0, 0.05) is 41.6 Å². The lowest BCUT2D eigenvalue weighted by Gasteiger charge is -2.13. The smallest absolute Gasteiger partial charge is 0.264 e. The van der Waals surface area contributed by atoms with Crippen LogP contribution < -0.4 is 10.0 Å². The minimum absolute atomic E-state index is 0.173. The van der Waals surface area contributed by atoms with Crippen LogP contribution in [0.2, 0.25) is 0 Å². The first-order valence-corrected chi connectivity index (χ1v) is 11.3. The van der Waals surface area contributed by atoms with E-state index >= 15 is 0 Å². The molecule has 0 fully saturated rings. The summed E-state index contributed by atoms with van der Waals surface area (Å²) in [5.74, 6) is -1.47. The summed E-state index contributed by atoms with van der Waals surface area (Å²) in [6.45, 7) is 3.50. The van der Waals surface area contributed by atoms with Crippen LogP contribution in [0.25, 0.3) is 11.1 Å². The highest BCUT2D eigenvalue weighted by Crippen LogP contribution is 2.28. The van der Waals surface area contributed by atoms with Gasteiger partial charge in [-0.3, -0.25) is 14.7 Å². The molecule has 10 heteroatoms. The Morgan fingerprint density at radius 3 is 2.39 bits per heavy atom. The third kappa shape index (κ3) is 5.12. The molecule has 0 amide bonds. The van der Waals surface area contributed by atoms with Gasteiger partial charge in [0.15, 0.2) is 0 Å². The van der Waals surface area contributed by atoms with Crippen molar-refractivity contribution in [3.05, 3.63) is 90.1 Å². The monoisotopic (exact) mass is 467 g/mol. The average Bonchev–Trinajstić information content (AvgIpc) is 2.75. The highest BCUT2D eigenvalue weighted by molar-refractivity contribution is 7.92. The van der Waals surface area contributed by atoms with Gasteiger partial charge in [-0.05, 0) is 61.9 Å².